The van der Waals surface area contributed by atoms with Crippen molar-refractivity contribution in [3.8, 4) is 11.5 Å². The molecule has 1 unspecified atom stereocenters. The fourth-order valence-corrected chi connectivity index (χ4v) is 3.93. The van der Waals surface area contributed by atoms with Gasteiger partial charge in [0.15, 0.2) is 0 Å². The van der Waals surface area contributed by atoms with Crippen LogP contribution in [0, 0.1) is 6.92 Å². The number of pyridine rings is 2. The van der Waals surface area contributed by atoms with E-state index in [4.69, 9.17) is 9.72 Å². The Bertz CT molecular complexity index is 1100. The molecule has 1 aromatic carbocycles. The fraction of sp³-hybridized carbons (Fsp3) is 0.280. The maximum atomic E-state index is 12.8. The number of likely N-dealkylation sites (tertiary alicyclic amines) is 1. The standard InChI is InChI=1S/C25H26N4O3/c1-17-14-22(32-21-10-8-20(9-11-21)28-18(2)30)15-24(27-17)19-6-5-13-29(16-19)25(31)23-7-3-4-12-26-23/h3-4,7-12,14-15,19H,5-6,13,16H2,1-2H3,(H,28,30). The lowest BCUT2D eigenvalue weighted by Crippen LogP contribution is -2.39. The summed E-state index contributed by atoms with van der Waals surface area (Å²) in [5.41, 5.74) is 2.97. The van der Waals surface area contributed by atoms with E-state index >= 15 is 0 Å². The van der Waals surface area contributed by atoms with Gasteiger partial charge in [-0.3, -0.25) is 19.6 Å². The molecular weight excluding hydrogens is 404 g/mol. The third kappa shape index (κ3) is 5.29. The summed E-state index contributed by atoms with van der Waals surface area (Å²) < 4.78 is 6.05. The molecular formula is C25H26N4O3. The minimum Gasteiger partial charge on any atom is -0.457 e. The van der Waals surface area contributed by atoms with E-state index in [0.717, 1.165) is 36.5 Å². The summed E-state index contributed by atoms with van der Waals surface area (Å²) >= 11 is 0. The second kappa shape index (κ2) is 9.60. The summed E-state index contributed by atoms with van der Waals surface area (Å²) in [6.45, 7) is 4.75. The zero-order valence-corrected chi connectivity index (χ0v) is 18.2. The van der Waals surface area contributed by atoms with Crippen molar-refractivity contribution in [2.45, 2.75) is 32.6 Å². The monoisotopic (exact) mass is 430 g/mol. The van der Waals surface area contributed by atoms with Gasteiger partial charge in [0.2, 0.25) is 5.91 Å². The number of carbonyl (C=O) groups is 2. The number of ether oxygens (including phenoxy) is 1. The van der Waals surface area contributed by atoms with E-state index in [1.54, 1.807) is 30.5 Å². The molecule has 2 amide bonds. The van der Waals surface area contributed by atoms with Gasteiger partial charge in [0.05, 0.1) is 0 Å². The summed E-state index contributed by atoms with van der Waals surface area (Å²) in [4.78, 5) is 34.8. The highest BCUT2D eigenvalue weighted by atomic mass is 16.5. The Morgan fingerprint density at radius 1 is 1.09 bits per heavy atom. The average molecular weight is 431 g/mol. The third-order valence-corrected chi connectivity index (χ3v) is 5.37. The van der Waals surface area contributed by atoms with Crippen LogP contribution in [0.4, 0.5) is 5.69 Å². The Labute approximate surface area is 187 Å². The molecule has 2 aromatic heterocycles. The van der Waals surface area contributed by atoms with Gasteiger partial charge in [0.25, 0.3) is 5.91 Å². The predicted octanol–water partition coefficient (Wildman–Crippen LogP) is 4.56. The van der Waals surface area contributed by atoms with Crippen LogP contribution in [0.15, 0.2) is 60.8 Å². The molecule has 3 heterocycles. The molecule has 1 aliphatic heterocycles. The van der Waals surface area contributed by atoms with Crippen molar-refractivity contribution in [2.75, 3.05) is 18.4 Å². The van der Waals surface area contributed by atoms with E-state index in [1.807, 2.05) is 42.2 Å². The summed E-state index contributed by atoms with van der Waals surface area (Å²) in [5, 5.41) is 2.74. The summed E-state index contributed by atoms with van der Waals surface area (Å²) in [6.07, 6.45) is 3.52. The molecule has 1 atom stereocenters. The molecule has 1 N–H and O–H groups in total. The first-order valence-corrected chi connectivity index (χ1v) is 10.7. The normalized spacial score (nSPS) is 15.8. The number of amides is 2. The number of hydrogen-bond acceptors (Lipinski definition) is 5. The number of carbonyl (C=O) groups excluding carboxylic acids is 2. The summed E-state index contributed by atoms with van der Waals surface area (Å²) in [6, 6.07) is 16.5. The zero-order valence-electron chi connectivity index (χ0n) is 18.2. The Kier molecular flexibility index (Phi) is 6.44. The van der Waals surface area contributed by atoms with Crippen molar-refractivity contribution in [2.24, 2.45) is 0 Å². The fourth-order valence-electron chi connectivity index (χ4n) is 3.93. The van der Waals surface area contributed by atoms with Gasteiger partial charge in [-0.15, -0.1) is 0 Å². The van der Waals surface area contributed by atoms with Crippen LogP contribution < -0.4 is 10.1 Å². The quantitative estimate of drug-likeness (QED) is 0.642. The van der Waals surface area contributed by atoms with E-state index in [1.165, 1.54) is 6.92 Å². The number of aryl methyl sites for hydroxylation is 1. The molecule has 1 saturated heterocycles. The molecule has 1 fully saturated rings. The summed E-state index contributed by atoms with van der Waals surface area (Å²) in [7, 11) is 0. The Morgan fingerprint density at radius 3 is 2.62 bits per heavy atom. The lowest BCUT2D eigenvalue weighted by Gasteiger charge is -2.32. The van der Waals surface area contributed by atoms with Crippen molar-refractivity contribution < 1.29 is 14.3 Å². The first kappa shape index (κ1) is 21.5. The van der Waals surface area contributed by atoms with Crippen LogP contribution in [0.1, 0.15) is 47.6 Å². The van der Waals surface area contributed by atoms with E-state index in [-0.39, 0.29) is 17.7 Å². The number of nitrogens with one attached hydrogen (secondary N) is 1. The van der Waals surface area contributed by atoms with Gasteiger partial charge in [0, 0.05) is 61.3 Å². The highest BCUT2D eigenvalue weighted by Crippen LogP contribution is 2.31. The number of benzene rings is 1. The number of nitrogens with zero attached hydrogens (tertiary/aromatic N) is 3. The molecule has 0 bridgehead atoms. The van der Waals surface area contributed by atoms with Gasteiger partial charge < -0.3 is 15.0 Å². The maximum absolute atomic E-state index is 12.8. The zero-order chi connectivity index (χ0) is 22.5. The van der Waals surface area contributed by atoms with Gasteiger partial charge in [-0.25, -0.2) is 0 Å². The molecule has 7 heteroatoms. The van der Waals surface area contributed by atoms with Gasteiger partial charge >= 0.3 is 0 Å². The van der Waals surface area contributed by atoms with Crippen molar-refractivity contribution in [3.63, 3.8) is 0 Å². The largest absolute Gasteiger partial charge is 0.457 e. The Morgan fingerprint density at radius 2 is 1.91 bits per heavy atom. The molecule has 1 aliphatic rings. The van der Waals surface area contributed by atoms with E-state index in [9.17, 15) is 9.59 Å². The predicted molar refractivity (Wildman–Crippen MR) is 122 cm³/mol. The third-order valence-electron chi connectivity index (χ3n) is 5.37. The highest BCUT2D eigenvalue weighted by molar-refractivity contribution is 5.92. The van der Waals surface area contributed by atoms with Gasteiger partial charge in [-0.2, -0.15) is 0 Å². The van der Waals surface area contributed by atoms with Gasteiger partial charge in [0.1, 0.15) is 17.2 Å². The summed E-state index contributed by atoms with van der Waals surface area (Å²) in [5.74, 6) is 1.36. The van der Waals surface area contributed by atoms with Crippen LogP contribution in [0.5, 0.6) is 11.5 Å². The number of hydrogen-bond donors (Lipinski definition) is 1. The first-order valence-electron chi connectivity index (χ1n) is 10.7. The lowest BCUT2D eigenvalue weighted by atomic mass is 9.93. The van der Waals surface area contributed by atoms with E-state index in [0.29, 0.717) is 23.7 Å². The second-order valence-electron chi connectivity index (χ2n) is 7.98. The highest BCUT2D eigenvalue weighted by Gasteiger charge is 2.27. The smallest absolute Gasteiger partial charge is 0.272 e. The molecule has 32 heavy (non-hydrogen) atoms. The van der Waals surface area contributed by atoms with E-state index < -0.39 is 0 Å². The van der Waals surface area contributed by atoms with E-state index in [2.05, 4.69) is 10.3 Å². The first-order chi connectivity index (χ1) is 15.5. The average Bonchev–Trinajstić information content (AvgIpc) is 2.80. The maximum Gasteiger partial charge on any atom is 0.272 e. The number of anilines is 1. The van der Waals surface area contributed by atoms with Crippen molar-refractivity contribution in [1.82, 2.24) is 14.9 Å². The molecule has 0 spiro atoms. The molecule has 164 valence electrons. The molecule has 3 aromatic rings. The molecule has 0 aliphatic carbocycles. The molecule has 7 nitrogen and oxygen atoms in total. The van der Waals surface area contributed by atoms with Gasteiger partial charge in [-0.05, 0) is 56.2 Å². The van der Waals surface area contributed by atoms with Crippen LogP contribution in [0.2, 0.25) is 0 Å². The minimum absolute atomic E-state index is 0.0429. The number of rotatable bonds is 5. The number of piperidine rings is 1. The van der Waals surface area contributed by atoms with Gasteiger partial charge in [-0.1, -0.05) is 6.07 Å². The van der Waals surface area contributed by atoms with Crippen LogP contribution in [0.25, 0.3) is 0 Å². The number of aromatic nitrogens is 2. The van der Waals surface area contributed by atoms with Crippen LogP contribution in [-0.2, 0) is 4.79 Å². The van der Waals surface area contributed by atoms with Crippen molar-refractivity contribution in [1.29, 1.82) is 0 Å². The Balaban J connectivity index is 1.48. The molecule has 0 radical (unpaired) electrons. The Hall–Kier alpha value is -3.74. The molecule has 4 rings (SSSR count). The van der Waals surface area contributed by atoms with Crippen LogP contribution in [-0.4, -0.2) is 39.8 Å². The molecule has 0 saturated carbocycles. The van der Waals surface area contributed by atoms with Crippen LogP contribution in [0.3, 0.4) is 0 Å². The topological polar surface area (TPSA) is 84.4 Å². The minimum atomic E-state index is -0.115. The second-order valence-corrected chi connectivity index (χ2v) is 7.98. The van der Waals surface area contributed by atoms with Crippen molar-refractivity contribution >= 4 is 17.5 Å². The SMILES string of the molecule is CC(=O)Nc1ccc(Oc2cc(C)nc(C3CCCN(C(=O)c4ccccn4)C3)c2)cc1. The lowest BCUT2D eigenvalue weighted by molar-refractivity contribution is -0.114. The van der Waals surface area contributed by atoms with Crippen molar-refractivity contribution in [3.05, 3.63) is 77.9 Å². The van der Waals surface area contributed by atoms with Crippen LogP contribution >= 0.6 is 0 Å².